The first-order chi connectivity index (χ1) is 7.33. The lowest BCUT2D eigenvalue weighted by Gasteiger charge is -2.11. The van der Waals surface area contributed by atoms with Crippen LogP contribution >= 0.6 is 0 Å². The van der Waals surface area contributed by atoms with Gasteiger partial charge >= 0.3 is 0 Å². The molecule has 1 spiro atoms. The van der Waals surface area contributed by atoms with E-state index in [1.165, 1.54) is 12.8 Å². The summed E-state index contributed by atoms with van der Waals surface area (Å²) in [4.78, 5) is 0. The molecular formula is C12H15NO2. The van der Waals surface area contributed by atoms with E-state index in [4.69, 9.17) is 9.47 Å². The van der Waals surface area contributed by atoms with E-state index >= 15 is 0 Å². The van der Waals surface area contributed by atoms with Crippen molar-refractivity contribution in [1.82, 2.24) is 0 Å². The quantitative estimate of drug-likeness (QED) is 0.763. The summed E-state index contributed by atoms with van der Waals surface area (Å²) in [6, 6.07) is 5.96. The van der Waals surface area contributed by atoms with Gasteiger partial charge in [-0.25, -0.2) is 0 Å². The van der Waals surface area contributed by atoms with Crippen molar-refractivity contribution in [2.75, 3.05) is 25.6 Å². The summed E-state index contributed by atoms with van der Waals surface area (Å²) in [5, 5.41) is 3.45. The van der Waals surface area contributed by atoms with Crippen LogP contribution in [0.2, 0.25) is 0 Å². The van der Waals surface area contributed by atoms with Crippen LogP contribution < -0.4 is 14.8 Å². The minimum atomic E-state index is 0.393. The lowest BCUT2D eigenvalue weighted by atomic mass is 10.1. The van der Waals surface area contributed by atoms with Crippen molar-refractivity contribution in [1.29, 1.82) is 0 Å². The standard InChI is InChI=1S/C12H15NO2/c1-14-10-4-2-3-9-11(10)15-8-12(5-6-12)7-13-9/h2-4,13H,5-8H2,1H3. The van der Waals surface area contributed by atoms with Gasteiger partial charge in [-0.1, -0.05) is 6.07 Å². The summed E-state index contributed by atoms with van der Waals surface area (Å²) in [6.07, 6.45) is 2.55. The molecule has 1 fully saturated rings. The molecule has 0 saturated heterocycles. The summed E-state index contributed by atoms with van der Waals surface area (Å²) in [6.45, 7) is 1.83. The Morgan fingerprint density at radius 3 is 3.00 bits per heavy atom. The SMILES string of the molecule is COc1cccc2c1OCC1(CC1)CN2. The Hall–Kier alpha value is -1.38. The van der Waals surface area contributed by atoms with Crippen molar-refractivity contribution in [3.05, 3.63) is 18.2 Å². The van der Waals surface area contributed by atoms with Gasteiger partial charge in [0.05, 0.1) is 19.4 Å². The zero-order valence-electron chi connectivity index (χ0n) is 8.88. The number of hydrogen-bond acceptors (Lipinski definition) is 3. The summed E-state index contributed by atoms with van der Waals surface area (Å²) < 4.78 is 11.2. The number of methoxy groups -OCH3 is 1. The van der Waals surface area contributed by atoms with E-state index in [0.717, 1.165) is 30.3 Å². The second kappa shape index (κ2) is 3.05. The molecule has 0 bridgehead atoms. The van der Waals surface area contributed by atoms with Crippen LogP contribution in [0, 0.1) is 5.41 Å². The van der Waals surface area contributed by atoms with Crippen molar-refractivity contribution in [2.24, 2.45) is 5.41 Å². The first-order valence-corrected chi connectivity index (χ1v) is 5.37. The van der Waals surface area contributed by atoms with Crippen molar-refractivity contribution < 1.29 is 9.47 Å². The molecular weight excluding hydrogens is 190 g/mol. The second-order valence-electron chi connectivity index (χ2n) is 4.48. The molecule has 80 valence electrons. The third-order valence-electron chi connectivity index (χ3n) is 3.33. The monoisotopic (exact) mass is 205 g/mol. The smallest absolute Gasteiger partial charge is 0.184 e. The van der Waals surface area contributed by atoms with Gasteiger partial charge in [0.25, 0.3) is 0 Å². The molecule has 1 N–H and O–H groups in total. The average Bonchev–Trinajstić information content (AvgIpc) is 3.07. The molecule has 1 aliphatic carbocycles. The molecule has 3 nitrogen and oxygen atoms in total. The molecule has 3 rings (SSSR count). The molecule has 0 aromatic heterocycles. The van der Waals surface area contributed by atoms with E-state index in [0.29, 0.717) is 5.41 Å². The number of anilines is 1. The molecule has 2 aliphatic rings. The zero-order chi connectivity index (χ0) is 10.3. The van der Waals surface area contributed by atoms with Crippen LogP contribution in [0.5, 0.6) is 11.5 Å². The Labute approximate surface area is 89.4 Å². The maximum Gasteiger partial charge on any atom is 0.184 e. The highest BCUT2D eigenvalue weighted by Gasteiger charge is 2.45. The molecule has 15 heavy (non-hydrogen) atoms. The van der Waals surface area contributed by atoms with Crippen LogP contribution in [0.3, 0.4) is 0 Å². The molecule has 0 amide bonds. The van der Waals surface area contributed by atoms with Crippen LogP contribution in [0.1, 0.15) is 12.8 Å². The van der Waals surface area contributed by atoms with Crippen LogP contribution in [-0.2, 0) is 0 Å². The van der Waals surface area contributed by atoms with Crippen LogP contribution in [0.4, 0.5) is 5.69 Å². The maximum atomic E-state index is 5.86. The Morgan fingerprint density at radius 1 is 1.40 bits per heavy atom. The van der Waals surface area contributed by atoms with Gasteiger partial charge in [0.2, 0.25) is 0 Å². The topological polar surface area (TPSA) is 30.5 Å². The van der Waals surface area contributed by atoms with Crippen molar-refractivity contribution in [3.63, 3.8) is 0 Å². The van der Waals surface area contributed by atoms with Crippen molar-refractivity contribution in [3.8, 4) is 11.5 Å². The normalized spacial score (nSPS) is 20.9. The van der Waals surface area contributed by atoms with Gasteiger partial charge in [0.15, 0.2) is 11.5 Å². The lowest BCUT2D eigenvalue weighted by Crippen LogP contribution is -2.18. The fourth-order valence-corrected chi connectivity index (χ4v) is 2.02. The van der Waals surface area contributed by atoms with E-state index in [1.807, 2.05) is 18.2 Å². The van der Waals surface area contributed by atoms with E-state index in [-0.39, 0.29) is 0 Å². The highest BCUT2D eigenvalue weighted by molar-refractivity contribution is 5.64. The molecule has 1 saturated carbocycles. The van der Waals surface area contributed by atoms with Crippen LogP contribution in [-0.4, -0.2) is 20.3 Å². The summed E-state index contributed by atoms with van der Waals surface area (Å²) >= 11 is 0. The average molecular weight is 205 g/mol. The molecule has 0 unspecified atom stereocenters. The predicted octanol–water partition coefficient (Wildman–Crippen LogP) is 2.28. The molecule has 1 aliphatic heterocycles. The van der Waals surface area contributed by atoms with E-state index in [9.17, 15) is 0 Å². The van der Waals surface area contributed by atoms with Gasteiger partial charge in [0.1, 0.15) is 0 Å². The Balaban J connectivity index is 1.95. The zero-order valence-corrected chi connectivity index (χ0v) is 8.88. The number of fused-ring (bicyclic) bond motifs is 1. The summed E-state index contributed by atoms with van der Waals surface area (Å²) in [5.41, 5.74) is 1.45. The van der Waals surface area contributed by atoms with Gasteiger partial charge in [-0.2, -0.15) is 0 Å². The molecule has 1 heterocycles. The van der Waals surface area contributed by atoms with E-state index in [2.05, 4.69) is 5.32 Å². The first kappa shape index (κ1) is 8.89. The molecule has 0 radical (unpaired) electrons. The van der Waals surface area contributed by atoms with Gasteiger partial charge < -0.3 is 14.8 Å². The summed E-state index contributed by atoms with van der Waals surface area (Å²) in [7, 11) is 1.68. The number of hydrogen-bond donors (Lipinski definition) is 1. The Kier molecular flexibility index (Phi) is 1.81. The minimum absolute atomic E-state index is 0.393. The Morgan fingerprint density at radius 2 is 2.27 bits per heavy atom. The van der Waals surface area contributed by atoms with Crippen LogP contribution in [0.15, 0.2) is 18.2 Å². The minimum Gasteiger partial charge on any atom is -0.493 e. The lowest BCUT2D eigenvalue weighted by molar-refractivity contribution is 0.240. The third-order valence-corrected chi connectivity index (χ3v) is 3.33. The molecule has 1 aromatic carbocycles. The molecule has 0 atom stereocenters. The van der Waals surface area contributed by atoms with E-state index < -0.39 is 0 Å². The second-order valence-corrected chi connectivity index (χ2v) is 4.48. The molecule has 1 aromatic rings. The number of para-hydroxylation sites is 1. The fraction of sp³-hybridized carbons (Fsp3) is 0.500. The predicted molar refractivity (Wildman–Crippen MR) is 58.6 cm³/mol. The third kappa shape index (κ3) is 1.42. The summed E-state index contributed by atoms with van der Waals surface area (Å²) in [5.74, 6) is 1.68. The van der Waals surface area contributed by atoms with Crippen molar-refractivity contribution in [2.45, 2.75) is 12.8 Å². The maximum absolute atomic E-state index is 5.86. The van der Waals surface area contributed by atoms with Crippen LogP contribution in [0.25, 0.3) is 0 Å². The highest BCUT2D eigenvalue weighted by atomic mass is 16.5. The van der Waals surface area contributed by atoms with Crippen molar-refractivity contribution >= 4 is 5.69 Å². The number of benzene rings is 1. The first-order valence-electron chi connectivity index (χ1n) is 5.37. The Bertz CT molecular complexity index is 385. The van der Waals surface area contributed by atoms with Gasteiger partial charge in [0, 0.05) is 12.0 Å². The fourth-order valence-electron chi connectivity index (χ4n) is 2.02. The van der Waals surface area contributed by atoms with Gasteiger partial charge in [-0.05, 0) is 25.0 Å². The number of ether oxygens (including phenoxy) is 2. The highest BCUT2D eigenvalue weighted by Crippen LogP contribution is 2.49. The number of nitrogens with one attached hydrogen (secondary N) is 1. The largest absolute Gasteiger partial charge is 0.493 e. The van der Waals surface area contributed by atoms with Gasteiger partial charge in [-0.3, -0.25) is 0 Å². The van der Waals surface area contributed by atoms with E-state index in [1.54, 1.807) is 7.11 Å². The molecule has 3 heteroatoms. The van der Waals surface area contributed by atoms with Gasteiger partial charge in [-0.15, -0.1) is 0 Å². The number of rotatable bonds is 1.